The minimum absolute atomic E-state index is 0.0778. The highest BCUT2D eigenvalue weighted by molar-refractivity contribution is 7.99. The molecule has 0 fully saturated rings. The van der Waals surface area contributed by atoms with Crippen LogP contribution in [0.25, 0.3) is 0 Å². The third-order valence-corrected chi connectivity index (χ3v) is 7.63. The summed E-state index contributed by atoms with van der Waals surface area (Å²) in [5, 5.41) is 3.54. The van der Waals surface area contributed by atoms with E-state index in [1.54, 1.807) is 23.1 Å². The maximum absolute atomic E-state index is 14.1. The number of nitrogens with one attached hydrogen (secondary N) is 1. The number of rotatable bonds is 9. The van der Waals surface area contributed by atoms with Gasteiger partial charge in [0.25, 0.3) is 5.91 Å². The Bertz CT molecular complexity index is 1550. The van der Waals surface area contributed by atoms with E-state index < -0.39 is 6.04 Å². The van der Waals surface area contributed by atoms with Crippen molar-refractivity contribution in [1.82, 2.24) is 14.9 Å². The third-order valence-electron chi connectivity index (χ3n) is 6.80. The first-order chi connectivity index (χ1) is 19.8. The molecule has 5 rings (SSSR count). The van der Waals surface area contributed by atoms with E-state index in [0.29, 0.717) is 27.9 Å². The molecule has 2 heterocycles. The number of thioether (sulfide) groups is 1. The average Bonchev–Trinajstić information content (AvgIpc) is 3.41. The number of ether oxygens (including phenoxy) is 2. The predicted molar refractivity (Wildman–Crippen MR) is 159 cm³/mol. The normalized spacial score (nSPS) is 12.6. The molecule has 0 spiro atoms. The van der Waals surface area contributed by atoms with Crippen molar-refractivity contribution in [2.24, 2.45) is 0 Å². The van der Waals surface area contributed by atoms with Gasteiger partial charge >= 0.3 is 0 Å². The van der Waals surface area contributed by atoms with Crippen LogP contribution in [0.15, 0.2) is 78.0 Å². The van der Waals surface area contributed by atoms with Gasteiger partial charge in [-0.2, -0.15) is 0 Å². The fraction of sp³-hybridized carbons (Fsp3) is 0.250. The first-order valence-corrected chi connectivity index (χ1v) is 14.3. The number of benzene rings is 3. The zero-order valence-corrected chi connectivity index (χ0v) is 24.3. The Morgan fingerprint density at radius 2 is 1.61 bits per heavy atom. The number of fused-ring (bicyclic) bond motifs is 1. The quantitative estimate of drug-likeness (QED) is 0.197. The Morgan fingerprint density at radius 3 is 2.34 bits per heavy atom. The van der Waals surface area contributed by atoms with Crippen molar-refractivity contribution in [3.05, 3.63) is 106 Å². The second-order valence-electron chi connectivity index (χ2n) is 10.0. The summed E-state index contributed by atoms with van der Waals surface area (Å²) in [4.78, 5) is 38.7. The van der Waals surface area contributed by atoms with E-state index in [9.17, 15) is 9.59 Å². The van der Waals surface area contributed by atoms with Crippen molar-refractivity contribution < 1.29 is 19.1 Å². The fourth-order valence-corrected chi connectivity index (χ4v) is 5.50. The summed E-state index contributed by atoms with van der Waals surface area (Å²) in [6, 6.07) is 21.8. The standard InChI is InChI=1S/C32H32N4O4S/c1-20-9-11-24(12-10-20)30(31(38)35-26-13-14-27-28(16-26)40-19-39-27)36(17-25-8-6-5-7-21(25)2)29(37)18-41-32-33-22(3)15-23(4)34-32/h5-16,30H,17-19H2,1-4H3,(H,35,38). The first kappa shape index (κ1) is 28.2. The second-order valence-corrected chi connectivity index (χ2v) is 11.0. The lowest BCUT2D eigenvalue weighted by molar-refractivity contribution is -0.137. The molecule has 1 aliphatic heterocycles. The van der Waals surface area contributed by atoms with Crippen LogP contribution in [0, 0.1) is 27.7 Å². The van der Waals surface area contributed by atoms with Gasteiger partial charge in [0.2, 0.25) is 12.7 Å². The molecule has 1 aliphatic rings. The Morgan fingerprint density at radius 1 is 0.902 bits per heavy atom. The number of nitrogens with zero attached hydrogens (tertiary/aromatic N) is 3. The van der Waals surface area contributed by atoms with Crippen LogP contribution in [0.2, 0.25) is 0 Å². The van der Waals surface area contributed by atoms with E-state index in [4.69, 9.17) is 9.47 Å². The van der Waals surface area contributed by atoms with E-state index in [2.05, 4.69) is 15.3 Å². The van der Waals surface area contributed by atoms with Crippen LogP contribution in [0.3, 0.4) is 0 Å². The Hall–Kier alpha value is -4.37. The molecule has 8 nitrogen and oxygen atoms in total. The summed E-state index contributed by atoms with van der Waals surface area (Å²) >= 11 is 1.27. The monoisotopic (exact) mass is 568 g/mol. The van der Waals surface area contributed by atoms with Crippen molar-refractivity contribution in [2.75, 3.05) is 17.9 Å². The SMILES string of the molecule is Cc1ccc(C(C(=O)Nc2ccc3c(c2)OCO3)N(Cc2ccccc2C)C(=O)CSc2nc(C)cc(C)n2)cc1. The van der Waals surface area contributed by atoms with Crippen molar-refractivity contribution >= 4 is 29.3 Å². The minimum atomic E-state index is -0.895. The van der Waals surface area contributed by atoms with Crippen LogP contribution in [0.1, 0.15) is 39.7 Å². The molecule has 0 saturated carbocycles. The highest BCUT2D eigenvalue weighted by Gasteiger charge is 2.32. The van der Waals surface area contributed by atoms with Crippen LogP contribution in [0.4, 0.5) is 5.69 Å². The molecule has 1 atom stereocenters. The Kier molecular flexibility index (Phi) is 8.54. The third kappa shape index (κ3) is 6.86. The number of aromatic nitrogens is 2. The number of anilines is 1. The smallest absolute Gasteiger partial charge is 0.251 e. The lowest BCUT2D eigenvalue weighted by Gasteiger charge is -2.32. The number of amides is 2. The van der Waals surface area contributed by atoms with Crippen LogP contribution < -0.4 is 14.8 Å². The topological polar surface area (TPSA) is 93.7 Å². The Balaban J connectivity index is 1.49. The molecule has 1 N–H and O–H groups in total. The number of carbonyl (C=O) groups is 2. The van der Waals surface area contributed by atoms with E-state index in [1.165, 1.54) is 11.8 Å². The highest BCUT2D eigenvalue weighted by Crippen LogP contribution is 2.35. The summed E-state index contributed by atoms with van der Waals surface area (Å²) in [7, 11) is 0. The summed E-state index contributed by atoms with van der Waals surface area (Å²) in [6.07, 6.45) is 0. The molecular formula is C32H32N4O4S. The number of carbonyl (C=O) groups excluding carboxylic acids is 2. The molecule has 4 aromatic rings. The molecule has 41 heavy (non-hydrogen) atoms. The Labute approximate surface area is 244 Å². The molecule has 2 amide bonds. The van der Waals surface area contributed by atoms with Crippen LogP contribution >= 0.6 is 11.8 Å². The number of hydrogen-bond donors (Lipinski definition) is 1. The van der Waals surface area contributed by atoms with Gasteiger partial charge in [-0.05, 0) is 62.6 Å². The van der Waals surface area contributed by atoms with Gasteiger partial charge in [0.15, 0.2) is 16.7 Å². The minimum Gasteiger partial charge on any atom is -0.454 e. The summed E-state index contributed by atoms with van der Waals surface area (Å²) in [5.41, 5.74) is 6.00. The first-order valence-electron chi connectivity index (χ1n) is 13.3. The van der Waals surface area contributed by atoms with Crippen molar-refractivity contribution in [3.8, 4) is 11.5 Å². The molecule has 3 aromatic carbocycles. The van der Waals surface area contributed by atoms with Gasteiger partial charge in [0, 0.05) is 29.7 Å². The van der Waals surface area contributed by atoms with Crippen molar-refractivity contribution in [3.63, 3.8) is 0 Å². The molecule has 1 unspecified atom stereocenters. The molecule has 9 heteroatoms. The van der Waals surface area contributed by atoms with E-state index >= 15 is 0 Å². The maximum Gasteiger partial charge on any atom is 0.251 e. The van der Waals surface area contributed by atoms with Crippen molar-refractivity contribution in [2.45, 2.75) is 45.4 Å². The van der Waals surface area contributed by atoms with Gasteiger partial charge in [0.05, 0.1) is 5.75 Å². The summed E-state index contributed by atoms with van der Waals surface area (Å²) in [6.45, 7) is 8.19. The van der Waals surface area contributed by atoms with Crippen LogP contribution in [0.5, 0.6) is 11.5 Å². The predicted octanol–water partition coefficient (Wildman–Crippen LogP) is 5.94. The van der Waals surface area contributed by atoms with E-state index in [-0.39, 0.29) is 30.9 Å². The van der Waals surface area contributed by atoms with Crippen LogP contribution in [-0.2, 0) is 16.1 Å². The van der Waals surface area contributed by atoms with Gasteiger partial charge in [-0.1, -0.05) is 65.9 Å². The van der Waals surface area contributed by atoms with Gasteiger partial charge in [-0.3, -0.25) is 9.59 Å². The lowest BCUT2D eigenvalue weighted by Crippen LogP contribution is -2.42. The molecule has 0 bridgehead atoms. The largest absolute Gasteiger partial charge is 0.454 e. The molecule has 0 saturated heterocycles. The summed E-state index contributed by atoms with van der Waals surface area (Å²) in [5.74, 6) is 0.733. The van der Waals surface area contributed by atoms with Gasteiger partial charge in [0.1, 0.15) is 6.04 Å². The molecule has 0 aliphatic carbocycles. The lowest BCUT2D eigenvalue weighted by atomic mass is 10.0. The highest BCUT2D eigenvalue weighted by atomic mass is 32.2. The van der Waals surface area contributed by atoms with Crippen molar-refractivity contribution in [1.29, 1.82) is 0 Å². The van der Waals surface area contributed by atoms with E-state index in [1.807, 2.05) is 82.3 Å². The van der Waals surface area contributed by atoms with Gasteiger partial charge < -0.3 is 19.7 Å². The maximum atomic E-state index is 14.1. The fourth-order valence-electron chi connectivity index (χ4n) is 4.67. The van der Waals surface area contributed by atoms with Gasteiger partial charge in [-0.15, -0.1) is 0 Å². The van der Waals surface area contributed by atoms with Gasteiger partial charge in [-0.25, -0.2) is 9.97 Å². The molecule has 210 valence electrons. The molecule has 1 aromatic heterocycles. The zero-order chi connectivity index (χ0) is 28.9. The average molecular weight is 569 g/mol. The molecular weight excluding hydrogens is 536 g/mol. The number of aryl methyl sites for hydroxylation is 4. The summed E-state index contributed by atoms with van der Waals surface area (Å²) < 4.78 is 10.9. The van der Waals surface area contributed by atoms with Crippen LogP contribution in [-0.4, -0.2) is 39.2 Å². The second kappa shape index (κ2) is 12.4. The molecule has 0 radical (unpaired) electrons. The number of hydrogen-bond acceptors (Lipinski definition) is 7. The van der Waals surface area contributed by atoms with E-state index in [0.717, 1.165) is 28.1 Å². The zero-order valence-electron chi connectivity index (χ0n) is 23.5.